The highest BCUT2D eigenvalue weighted by Gasteiger charge is 2.40. The van der Waals surface area contributed by atoms with Crippen molar-refractivity contribution in [1.29, 1.82) is 0 Å². The zero-order valence-electron chi connectivity index (χ0n) is 23.2. The van der Waals surface area contributed by atoms with E-state index in [0.717, 1.165) is 4.90 Å². The van der Waals surface area contributed by atoms with E-state index in [-0.39, 0.29) is 41.5 Å². The van der Waals surface area contributed by atoms with Gasteiger partial charge in [0.25, 0.3) is 5.91 Å². The second-order valence-corrected chi connectivity index (χ2v) is 10.9. The van der Waals surface area contributed by atoms with E-state index in [4.69, 9.17) is 17.3 Å². The first kappa shape index (κ1) is 29.2. The van der Waals surface area contributed by atoms with Gasteiger partial charge >= 0.3 is 0 Å². The van der Waals surface area contributed by atoms with Crippen LogP contribution in [0, 0.1) is 5.82 Å². The van der Waals surface area contributed by atoms with Gasteiger partial charge in [-0.1, -0.05) is 48.0 Å². The van der Waals surface area contributed by atoms with E-state index in [1.807, 2.05) is 0 Å². The van der Waals surface area contributed by atoms with E-state index < -0.39 is 41.9 Å². The number of fused-ring (bicyclic) bond motifs is 2. The number of hydrogen-bond acceptors (Lipinski definition) is 6. The summed E-state index contributed by atoms with van der Waals surface area (Å²) in [6.45, 7) is 0.829. The maximum Gasteiger partial charge on any atom is 0.269 e. The Bertz CT molecular complexity index is 1960. The van der Waals surface area contributed by atoms with Gasteiger partial charge in [0.15, 0.2) is 11.5 Å². The number of anilines is 1. The van der Waals surface area contributed by atoms with Crippen molar-refractivity contribution in [1.82, 2.24) is 24.6 Å². The Labute approximate surface area is 253 Å². The van der Waals surface area contributed by atoms with Crippen molar-refractivity contribution in [2.24, 2.45) is 5.73 Å². The number of primary amides is 1. The lowest BCUT2D eigenvalue weighted by atomic mass is 10.0. The summed E-state index contributed by atoms with van der Waals surface area (Å²) in [5.41, 5.74) is 6.99. The minimum atomic E-state index is -1.48. The summed E-state index contributed by atoms with van der Waals surface area (Å²) in [6.07, 6.45) is -2.62. The molecule has 14 heteroatoms. The maximum atomic E-state index is 15.8. The van der Waals surface area contributed by atoms with Gasteiger partial charge in [0, 0.05) is 22.9 Å². The molecule has 0 saturated carbocycles. The number of nitrogens with two attached hydrogens (primary N) is 1. The molecule has 5 N–H and O–H groups in total. The zero-order valence-corrected chi connectivity index (χ0v) is 24.0. The first-order valence-electron chi connectivity index (χ1n) is 13.7. The Hall–Kier alpha value is -4.88. The number of alkyl halides is 1. The summed E-state index contributed by atoms with van der Waals surface area (Å²) < 4.78 is 31.7. The summed E-state index contributed by atoms with van der Waals surface area (Å²) >= 11 is 6.58. The van der Waals surface area contributed by atoms with Crippen molar-refractivity contribution in [3.8, 4) is 11.1 Å². The molecule has 1 saturated heterocycles. The largest absolute Gasteiger partial charge is 0.385 e. The number of carbonyl (C=O) groups excluding carboxylic acids is 3. The van der Waals surface area contributed by atoms with Crippen LogP contribution in [0.1, 0.15) is 35.8 Å². The lowest BCUT2D eigenvalue weighted by molar-refractivity contribution is -0.137. The molecule has 44 heavy (non-hydrogen) atoms. The van der Waals surface area contributed by atoms with Crippen molar-refractivity contribution >= 4 is 56.9 Å². The Balaban J connectivity index is 1.24. The van der Waals surface area contributed by atoms with E-state index in [0.29, 0.717) is 33.3 Å². The fourth-order valence-corrected chi connectivity index (χ4v) is 5.79. The normalized spacial score (nSPS) is 17.3. The summed E-state index contributed by atoms with van der Waals surface area (Å²) in [5, 5.41) is 17.1. The number of benzene rings is 3. The lowest BCUT2D eigenvalue weighted by Gasteiger charge is -2.24. The summed E-state index contributed by atoms with van der Waals surface area (Å²) in [7, 11) is 0. The van der Waals surface area contributed by atoms with E-state index >= 15 is 4.39 Å². The number of carbonyl (C=O) groups is 3. The summed E-state index contributed by atoms with van der Waals surface area (Å²) in [4.78, 5) is 46.9. The molecule has 6 rings (SSSR count). The third kappa shape index (κ3) is 5.13. The van der Waals surface area contributed by atoms with E-state index in [1.165, 1.54) is 22.9 Å². The smallest absolute Gasteiger partial charge is 0.269 e. The van der Waals surface area contributed by atoms with Gasteiger partial charge in [0.2, 0.25) is 11.8 Å². The molecule has 0 aliphatic carbocycles. The molecule has 0 unspecified atom stereocenters. The van der Waals surface area contributed by atoms with Crippen molar-refractivity contribution in [2.45, 2.75) is 38.2 Å². The Kier molecular flexibility index (Phi) is 7.51. The van der Waals surface area contributed by atoms with Crippen LogP contribution in [0.15, 0.2) is 54.6 Å². The first-order chi connectivity index (χ1) is 21.0. The molecule has 0 spiro atoms. The van der Waals surface area contributed by atoms with Crippen LogP contribution in [0.5, 0.6) is 0 Å². The number of imidazole rings is 1. The zero-order chi connectivity index (χ0) is 31.3. The third-order valence-corrected chi connectivity index (χ3v) is 7.99. The fourth-order valence-electron chi connectivity index (χ4n) is 5.48. The number of nitrogens with one attached hydrogen (secondary N) is 2. The fraction of sp³-hybridized carbons (Fsp3) is 0.233. The monoisotopic (exact) mass is 621 g/mol. The van der Waals surface area contributed by atoms with E-state index in [1.54, 1.807) is 43.3 Å². The highest BCUT2D eigenvalue weighted by atomic mass is 35.5. The minimum Gasteiger partial charge on any atom is -0.385 e. The quantitative estimate of drug-likeness (QED) is 0.214. The van der Waals surface area contributed by atoms with Crippen molar-refractivity contribution < 1.29 is 28.3 Å². The molecule has 1 aliphatic heterocycles. The number of H-pyrrole nitrogens is 1. The van der Waals surface area contributed by atoms with Gasteiger partial charge in [-0.3, -0.25) is 19.1 Å². The van der Waals surface area contributed by atoms with Gasteiger partial charge < -0.3 is 26.0 Å². The number of rotatable bonds is 7. The number of aliphatic hydroxyl groups is 1. The molecule has 2 aromatic heterocycles. The number of aliphatic hydroxyl groups excluding tert-OH is 1. The summed E-state index contributed by atoms with van der Waals surface area (Å²) in [6, 6.07) is 13.1. The Morgan fingerprint density at radius 2 is 1.93 bits per heavy atom. The molecule has 3 heterocycles. The van der Waals surface area contributed by atoms with Gasteiger partial charge in [0.1, 0.15) is 36.2 Å². The Morgan fingerprint density at radius 3 is 2.68 bits per heavy atom. The van der Waals surface area contributed by atoms with E-state index in [2.05, 4.69) is 20.4 Å². The number of halogens is 3. The van der Waals surface area contributed by atoms with Gasteiger partial charge in [-0.2, -0.15) is 5.10 Å². The molecule has 226 valence electrons. The lowest BCUT2D eigenvalue weighted by Crippen LogP contribution is -2.44. The molecule has 3 aromatic carbocycles. The number of hydrogen-bond donors (Lipinski definition) is 4. The summed E-state index contributed by atoms with van der Waals surface area (Å²) in [5.74, 6) is -2.64. The standard InChI is InChI=1S/C30H26ClF2N7O4/c1-14(41)29-35-20-10-9-16(24(31)27(20)37-29)17-6-4-7-19(25(17)33)36-30(44)22-11-15(32)12-39(22)23(42)13-40-21-8-3-2-5-18(21)26(38-40)28(34)43/h2-10,14-15,22,41H,11-13H2,1H3,(H2,34,43)(H,35,37)(H,36,44)/t14-,15+,22-/m0/s1. The van der Waals surface area contributed by atoms with Crippen LogP contribution in [0.25, 0.3) is 33.1 Å². The third-order valence-electron chi connectivity index (χ3n) is 7.60. The van der Waals surface area contributed by atoms with Crippen LogP contribution >= 0.6 is 11.6 Å². The van der Waals surface area contributed by atoms with Crippen LogP contribution in [-0.4, -0.2) is 66.2 Å². The van der Waals surface area contributed by atoms with Crippen LogP contribution < -0.4 is 11.1 Å². The highest BCUT2D eigenvalue weighted by Crippen LogP contribution is 2.37. The molecule has 5 aromatic rings. The van der Waals surface area contributed by atoms with Crippen LogP contribution in [0.3, 0.4) is 0 Å². The maximum absolute atomic E-state index is 15.8. The number of nitrogens with zero attached hydrogens (tertiary/aromatic N) is 4. The van der Waals surface area contributed by atoms with Crippen molar-refractivity contribution in [2.75, 3.05) is 11.9 Å². The first-order valence-corrected chi connectivity index (χ1v) is 14.1. The van der Waals surface area contributed by atoms with Gasteiger partial charge in [0.05, 0.1) is 28.3 Å². The molecule has 3 amide bonds. The minimum absolute atomic E-state index is 0.0159. The predicted molar refractivity (Wildman–Crippen MR) is 159 cm³/mol. The molecule has 11 nitrogen and oxygen atoms in total. The van der Waals surface area contributed by atoms with Crippen molar-refractivity contribution in [3.63, 3.8) is 0 Å². The highest BCUT2D eigenvalue weighted by molar-refractivity contribution is 6.37. The molecule has 1 aliphatic rings. The molecule has 0 radical (unpaired) electrons. The van der Waals surface area contributed by atoms with Gasteiger partial charge in [-0.25, -0.2) is 13.8 Å². The van der Waals surface area contributed by atoms with Crippen LogP contribution in [0.4, 0.5) is 14.5 Å². The molecule has 3 atom stereocenters. The second-order valence-electron chi connectivity index (χ2n) is 10.6. The molecular weight excluding hydrogens is 596 g/mol. The van der Waals surface area contributed by atoms with E-state index in [9.17, 15) is 23.9 Å². The SMILES string of the molecule is C[C@H](O)c1nc2c(Cl)c(-c3cccc(NC(=O)[C@@H]4C[C@@H](F)CN4C(=O)Cn4nc(C(N)=O)c5ccccc54)c3F)ccc2[nH]1. The predicted octanol–water partition coefficient (Wildman–Crippen LogP) is 4.10. The molecular formula is C30H26ClF2N7O4. The molecule has 0 bridgehead atoms. The van der Waals surface area contributed by atoms with Gasteiger partial charge in [-0.05, 0) is 25.1 Å². The number of aromatic nitrogens is 4. The number of likely N-dealkylation sites (tertiary alicyclic amines) is 1. The van der Waals surface area contributed by atoms with Crippen LogP contribution in [-0.2, 0) is 16.1 Å². The van der Waals surface area contributed by atoms with Crippen LogP contribution in [0.2, 0.25) is 5.02 Å². The number of aromatic amines is 1. The topological polar surface area (TPSA) is 159 Å². The average Bonchev–Trinajstić information content (AvgIpc) is 3.70. The molecule has 1 fully saturated rings. The number of para-hydroxylation sites is 1. The average molecular weight is 622 g/mol. The van der Waals surface area contributed by atoms with Crippen molar-refractivity contribution in [3.05, 3.63) is 77.0 Å². The number of amides is 3. The van der Waals surface area contributed by atoms with Gasteiger partial charge in [-0.15, -0.1) is 0 Å². The Morgan fingerprint density at radius 1 is 1.16 bits per heavy atom. The second kappa shape index (κ2) is 11.3.